The maximum absolute atomic E-state index is 14.5. The molecule has 0 aliphatic carbocycles. The average Bonchev–Trinajstić information content (AvgIpc) is 3.85. The van der Waals surface area contributed by atoms with Crippen molar-refractivity contribution < 1.29 is 84.8 Å². The molecule has 2 aromatic carbocycles. The number of sulfonamides is 1. The number of hydrogen-bond acceptors (Lipinski definition) is 16. The van der Waals surface area contributed by atoms with Crippen molar-refractivity contribution >= 4 is 32.7 Å². The molecule has 6 rings (SSSR count). The van der Waals surface area contributed by atoms with E-state index in [0.717, 1.165) is 53.6 Å². The number of benzene rings is 2. The number of rotatable bonds is 18. The van der Waals surface area contributed by atoms with Crippen LogP contribution in [0, 0.1) is 23.7 Å². The summed E-state index contributed by atoms with van der Waals surface area (Å²) in [6.45, 7) is 19.3. The molecule has 0 bridgehead atoms. The summed E-state index contributed by atoms with van der Waals surface area (Å²) < 4.78 is 115. The molecule has 3 aliphatic rings. The highest BCUT2D eigenvalue weighted by molar-refractivity contribution is 7.89. The lowest BCUT2D eigenvalue weighted by molar-refractivity contribution is -0.319. The van der Waals surface area contributed by atoms with Gasteiger partial charge in [-0.15, -0.1) is 0 Å². The number of halogens is 3. The first-order valence-electron chi connectivity index (χ1n) is 28.4. The van der Waals surface area contributed by atoms with E-state index in [9.17, 15) is 51.6 Å². The molecule has 0 amide bonds. The Balaban J connectivity index is 1.22. The molecule has 81 heavy (non-hydrogen) atoms. The number of carbonyl (C=O) groups excluding carboxylic acids is 2. The van der Waals surface area contributed by atoms with E-state index in [1.165, 1.54) is 28.1 Å². The van der Waals surface area contributed by atoms with Crippen molar-refractivity contribution in [2.45, 2.75) is 222 Å². The number of aliphatic hydroxyl groups excluding tert-OH is 3. The van der Waals surface area contributed by atoms with Crippen LogP contribution in [0.25, 0.3) is 10.9 Å². The first-order valence-corrected chi connectivity index (χ1v) is 29.9. The van der Waals surface area contributed by atoms with E-state index in [1.54, 1.807) is 41.5 Å². The molecule has 3 aliphatic heterocycles. The average molecular weight is 1170 g/mol. The van der Waals surface area contributed by atoms with Crippen molar-refractivity contribution in [1.82, 2.24) is 14.2 Å². The van der Waals surface area contributed by atoms with Crippen LogP contribution >= 0.6 is 0 Å². The van der Waals surface area contributed by atoms with Crippen molar-refractivity contribution in [2.75, 3.05) is 34.4 Å². The molecule has 3 saturated heterocycles. The lowest BCUT2D eigenvalue weighted by Gasteiger charge is -2.50. The molecule has 1 aromatic heterocycles. The van der Waals surface area contributed by atoms with Gasteiger partial charge in [-0.05, 0) is 136 Å². The summed E-state index contributed by atoms with van der Waals surface area (Å²) in [7, 11) is 0.793. The SMILES string of the molecule is CC[C@H]1OC(=O)[C@H](C)[C@@H](O[C@H]2C[C@@](C)(OC)[C@@H](O)[C@H](C)O2)[C@H](C)[C@@H](O[C@@H]2O[C@H](C)C[C@H](N(C)CCCCc3cn([C@@H](C)CNS(=O)(=O)c4ccc(C(F)(F)F)cc4)c4ccccc34)C2O)[C@](C)(OC)C[C@@H](C)C(=O)[C@H](C)[C@@H](O)[C@]1(C)O. The Morgan fingerprint density at radius 1 is 0.877 bits per heavy atom. The van der Waals surface area contributed by atoms with Gasteiger partial charge in [0.2, 0.25) is 10.0 Å². The smallest absolute Gasteiger partial charge is 0.416 e. The van der Waals surface area contributed by atoms with Crippen LogP contribution in [0.15, 0.2) is 59.6 Å². The van der Waals surface area contributed by atoms with Crippen LogP contribution in [0.5, 0.6) is 0 Å². The van der Waals surface area contributed by atoms with Crippen molar-refractivity contribution in [2.24, 2.45) is 23.7 Å². The Bertz CT molecular complexity index is 2680. The van der Waals surface area contributed by atoms with Crippen molar-refractivity contribution in [1.29, 1.82) is 0 Å². The van der Waals surface area contributed by atoms with E-state index in [2.05, 4.69) is 9.62 Å². The number of aromatic nitrogens is 1. The number of likely N-dealkylation sites (N-methyl/N-ethyl adjacent to an activating group) is 1. The summed E-state index contributed by atoms with van der Waals surface area (Å²) in [5.41, 5.74) is -3.48. The number of hydrogen-bond donors (Lipinski definition) is 5. The van der Waals surface area contributed by atoms with Crippen LogP contribution in [0.4, 0.5) is 13.2 Å². The van der Waals surface area contributed by atoms with E-state index >= 15 is 0 Å². The minimum Gasteiger partial charge on any atom is -0.459 e. The monoisotopic (exact) mass is 1170 g/mol. The second kappa shape index (κ2) is 26.7. The molecule has 18 nitrogen and oxygen atoms in total. The molecular formula is C59H90F3N3O15S. The molecule has 19 atom stereocenters. The number of aliphatic hydroxyl groups is 4. The number of ketones is 1. The number of esters is 1. The van der Waals surface area contributed by atoms with Gasteiger partial charge in [0.1, 0.15) is 29.7 Å². The molecule has 1 unspecified atom stereocenters. The van der Waals surface area contributed by atoms with Gasteiger partial charge in [0, 0.05) is 74.1 Å². The van der Waals surface area contributed by atoms with Crippen LogP contribution in [-0.4, -0.2) is 169 Å². The van der Waals surface area contributed by atoms with E-state index in [1.807, 2.05) is 62.8 Å². The number of nitrogens with zero attached hydrogens (tertiary/aromatic N) is 2. The zero-order chi connectivity index (χ0) is 60.3. The van der Waals surface area contributed by atoms with Gasteiger partial charge in [0.05, 0.1) is 58.1 Å². The summed E-state index contributed by atoms with van der Waals surface area (Å²) in [5.74, 6) is -4.91. The number of nitrogens with one attached hydrogen (secondary N) is 1. The van der Waals surface area contributed by atoms with Crippen LogP contribution in [0.3, 0.4) is 0 Å². The first kappa shape index (κ1) is 66.5. The van der Waals surface area contributed by atoms with Gasteiger partial charge in [-0.1, -0.05) is 45.9 Å². The minimum atomic E-state index is -4.60. The van der Waals surface area contributed by atoms with E-state index < -0.39 is 136 Å². The number of Topliss-reactive ketones (excluding diaryl/α,β-unsaturated/α-hetero) is 1. The third-order valence-corrected chi connectivity index (χ3v) is 19.2. The van der Waals surface area contributed by atoms with Crippen molar-refractivity contribution in [3.05, 3.63) is 65.9 Å². The number of para-hydroxylation sites is 1. The molecular weight excluding hydrogens is 1080 g/mol. The maximum atomic E-state index is 14.5. The molecule has 3 aromatic rings. The highest BCUT2D eigenvalue weighted by atomic mass is 32.2. The summed E-state index contributed by atoms with van der Waals surface area (Å²) in [6.07, 6.45) is -10.4. The second-order valence-corrected chi connectivity index (χ2v) is 25.7. The number of ether oxygens (including phenoxy) is 7. The van der Waals surface area contributed by atoms with E-state index in [4.69, 9.17) is 33.2 Å². The van der Waals surface area contributed by atoms with Gasteiger partial charge in [-0.25, -0.2) is 13.1 Å². The molecule has 5 N–H and O–H groups in total. The van der Waals surface area contributed by atoms with Crippen LogP contribution in [-0.2, 0) is 65.4 Å². The lowest BCUT2D eigenvalue weighted by Crippen LogP contribution is -2.61. The standard InChI is InChI=1S/C59H90F3N3O15S/c1-15-46-58(11,71)51(68)36(5)48(66)33(2)29-57(10,75-14)53(37(6)50(38(7)54(70)78-46)79-47-30-56(9,74-13)52(69)39(8)77-47)80-55-49(67)45(28-35(4)76-55)64(12)27-19-18-20-40-32-65(44-22-17-16-21-43(40)44)34(3)31-63-81(72,73)42-25-23-41(24-26-42)59(60,61)62/h16-17,21-26,32-39,45-47,49-53,55,63,67-69,71H,15,18-20,27-31H2,1-14H3/t33-,34+,35-,36+,37+,38-,39+,45+,46-,47+,49?,50+,51-,52+,53-,55+,56-,57-,58-/m1/s1. The zero-order valence-corrected chi connectivity index (χ0v) is 50.3. The molecule has 0 radical (unpaired) electrons. The molecule has 0 spiro atoms. The van der Waals surface area contributed by atoms with Crippen LogP contribution in [0.1, 0.15) is 132 Å². The minimum absolute atomic E-state index is 0.0161. The fraction of sp³-hybridized carbons (Fsp3) is 0.729. The number of carbonyl (C=O) groups is 2. The third-order valence-electron chi connectivity index (χ3n) is 17.7. The number of aryl methyl sites for hydroxylation is 1. The van der Waals surface area contributed by atoms with Crippen molar-refractivity contribution in [3.8, 4) is 0 Å². The van der Waals surface area contributed by atoms with Crippen LogP contribution in [0.2, 0.25) is 0 Å². The highest BCUT2D eigenvalue weighted by Gasteiger charge is 2.54. The number of unbranched alkanes of at least 4 members (excludes halogenated alkanes) is 1. The first-order chi connectivity index (χ1) is 37.7. The van der Waals surface area contributed by atoms with Gasteiger partial charge in [-0.2, -0.15) is 13.2 Å². The van der Waals surface area contributed by atoms with Crippen molar-refractivity contribution in [3.63, 3.8) is 0 Å². The second-order valence-electron chi connectivity index (χ2n) is 23.9. The molecule has 4 heterocycles. The molecule has 22 heteroatoms. The fourth-order valence-electron chi connectivity index (χ4n) is 12.4. The quantitative estimate of drug-likeness (QED) is 0.0619. The third kappa shape index (κ3) is 14.9. The Hall–Kier alpha value is -3.62. The van der Waals surface area contributed by atoms with Crippen LogP contribution < -0.4 is 4.72 Å². The highest BCUT2D eigenvalue weighted by Crippen LogP contribution is 2.42. The predicted octanol–water partition coefficient (Wildman–Crippen LogP) is 7.35. The maximum Gasteiger partial charge on any atom is 0.416 e. The Labute approximate surface area is 476 Å². The Kier molecular flexibility index (Phi) is 22.0. The Morgan fingerprint density at radius 2 is 1.52 bits per heavy atom. The summed E-state index contributed by atoms with van der Waals surface area (Å²) in [5, 5.41) is 48.0. The largest absolute Gasteiger partial charge is 0.459 e. The molecule has 3 fully saturated rings. The van der Waals surface area contributed by atoms with E-state index in [0.29, 0.717) is 19.4 Å². The summed E-state index contributed by atoms with van der Waals surface area (Å²) in [4.78, 5) is 30.7. The zero-order valence-electron chi connectivity index (χ0n) is 49.5. The van der Waals surface area contributed by atoms with Gasteiger partial charge < -0.3 is 63.1 Å². The Morgan fingerprint density at radius 3 is 2.14 bits per heavy atom. The molecule has 458 valence electrons. The lowest BCUT2D eigenvalue weighted by atomic mass is 9.74. The number of cyclic esters (lactones) is 1. The number of alkyl halides is 3. The predicted molar refractivity (Wildman–Crippen MR) is 296 cm³/mol. The normalized spacial score (nSPS) is 36.6. The van der Waals surface area contributed by atoms with Gasteiger partial charge in [-0.3, -0.25) is 9.59 Å². The fourth-order valence-corrected chi connectivity index (χ4v) is 13.5. The van der Waals surface area contributed by atoms with E-state index in [-0.39, 0.29) is 42.5 Å². The van der Waals surface area contributed by atoms with Gasteiger partial charge in [0.25, 0.3) is 0 Å². The summed E-state index contributed by atoms with van der Waals surface area (Å²) in [6, 6.07) is 10.4. The van der Waals surface area contributed by atoms with Gasteiger partial charge in [0.15, 0.2) is 12.6 Å². The topological polar surface area (TPSA) is 234 Å². The molecule has 0 saturated carbocycles. The summed E-state index contributed by atoms with van der Waals surface area (Å²) >= 11 is 0. The number of fused-ring (bicyclic) bond motifs is 1. The number of methoxy groups -OCH3 is 2. The van der Waals surface area contributed by atoms with Gasteiger partial charge >= 0.3 is 12.1 Å².